The van der Waals surface area contributed by atoms with Gasteiger partial charge in [-0.2, -0.15) is 13.2 Å². The van der Waals surface area contributed by atoms with Crippen LogP contribution < -0.4 is 4.90 Å². The van der Waals surface area contributed by atoms with Crippen molar-refractivity contribution in [3.63, 3.8) is 0 Å². The van der Waals surface area contributed by atoms with Crippen LogP contribution >= 0.6 is 11.6 Å². The lowest BCUT2D eigenvalue weighted by molar-refractivity contribution is -0.141. The highest BCUT2D eigenvalue weighted by Crippen LogP contribution is 2.30. The smallest absolute Gasteiger partial charge is 0.393 e. The summed E-state index contributed by atoms with van der Waals surface area (Å²) in [5.74, 6) is 0.0722. The molecule has 18 heavy (non-hydrogen) atoms. The number of anilines is 1. The molecule has 1 heterocycles. The van der Waals surface area contributed by atoms with Crippen LogP contribution in [0.25, 0.3) is 0 Å². The van der Waals surface area contributed by atoms with Crippen molar-refractivity contribution in [2.24, 2.45) is 0 Å². The summed E-state index contributed by atoms with van der Waals surface area (Å²) in [5, 5.41) is 8.67. The molecule has 0 aliphatic rings. The minimum absolute atomic E-state index is 0.0722. The molecule has 0 aliphatic heterocycles. The molecule has 0 bridgehead atoms. The fraction of sp³-hybridized carbons (Fsp3) is 0.600. The minimum Gasteiger partial charge on any atom is -0.393 e. The lowest BCUT2D eigenvalue weighted by Gasteiger charge is -2.19. The van der Waals surface area contributed by atoms with Crippen molar-refractivity contribution >= 4 is 17.4 Å². The monoisotopic (exact) mass is 283 g/mol. The maximum absolute atomic E-state index is 12.5. The second-order valence-corrected chi connectivity index (χ2v) is 4.28. The summed E-state index contributed by atoms with van der Waals surface area (Å²) in [5.41, 5.74) is -1.08. The lowest BCUT2D eigenvalue weighted by atomic mass is 10.2. The van der Waals surface area contributed by atoms with Crippen LogP contribution in [0, 0.1) is 0 Å². The van der Waals surface area contributed by atoms with Crippen LogP contribution in [0.1, 0.15) is 19.0 Å². The van der Waals surface area contributed by atoms with Gasteiger partial charge in [0.1, 0.15) is 5.82 Å². The van der Waals surface area contributed by atoms with E-state index in [4.69, 9.17) is 16.7 Å². The zero-order valence-corrected chi connectivity index (χ0v) is 10.6. The second kappa shape index (κ2) is 5.71. The van der Waals surface area contributed by atoms with E-state index < -0.39 is 23.3 Å². The molecule has 0 saturated carbocycles. The Morgan fingerprint density at radius 3 is 2.56 bits per heavy atom. The molecule has 0 fully saturated rings. The minimum atomic E-state index is -4.56. The Hall–Kier alpha value is -1.08. The molecule has 0 aromatic carbocycles. The zero-order valence-electron chi connectivity index (χ0n) is 9.87. The summed E-state index contributed by atoms with van der Waals surface area (Å²) in [6.07, 6.45) is -4.68. The third-order valence-corrected chi connectivity index (χ3v) is 2.42. The second-order valence-electron chi connectivity index (χ2n) is 3.94. The number of rotatable bonds is 4. The zero-order chi connectivity index (χ0) is 13.9. The van der Waals surface area contributed by atoms with Gasteiger partial charge in [0.05, 0.1) is 6.10 Å². The molecule has 0 spiro atoms. The molecule has 1 rings (SSSR count). The maximum atomic E-state index is 12.5. The summed E-state index contributed by atoms with van der Waals surface area (Å²) in [7, 11) is 1.57. The topological polar surface area (TPSA) is 49.2 Å². The summed E-state index contributed by atoms with van der Waals surface area (Å²) >= 11 is 5.46. The van der Waals surface area contributed by atoms with Crippen LogP contribution in [0.3, 0.4) is 0 Å². The molecule has 8 heteroatoms. The molecule has 0 amide bonds. The molecular formula is C10H13ClF3N3O. The predicted molar refractivity (Wildman–Crippen MR) is 61.6 cm³/mol. The lowest BCUT2D eigenvalue weighted by Crippen LogP contribution is -2.23. The Morgan fingerprint density at radius 1 is 1.44 bits per heavy atom. The van der Waals surface area contributed by atoms with Gasteiger partial charge in [0.2, 0.25) is 5.28 Å². The van der Waals surface area contributed by atoms with E-state index in [2.05, 4.69) is 9.97 Å². The van der Waals surface area contributed by atoms with Gasteiger partial charge in [-0.05, 0) is 24.9 Å². The first kappa shape index (κ1) is 15.0. The van der Waals surface area contributed by atoms with Crippen molar-refractivity contribution in [3.05, 3.63) is 17.0 Å². The van der Waals surface area contributed by atoms with E-state index in [-0.39, 0.29) is 5.82 Å². The third kappa shape index (κ3) is 4.30. The SMILES string of the molecule is CC(O)CCN(C)c1cc(C(F)(F)F)nc(Cl)n1. The average Bonchev–Trinajstić information content (AvgIpc) is 2.23. The van der Waals surface area contributed by atoms with Crippen LogP contribution in [0.2, 0.25) is 5.28 Å². The molecule has 1 aromatic heterocycles. The molecule has 102 valence electrons. The van der Waals surface area contributed by atoms with E-state index in [9.17, 15) is 13.2 Å². The van der Waals surface area contributed by atoms with Gasteiger partial charge in [0.15, 0.2) is 5.69 Å². The van der Waals surface area contributed by atoms with Crippen molar-refractivity contribution in [1.82, 2.24) is 9.97 Å². The maximum Gasteiger partial charge on any atom is 0.433 e. The molecule has 1 atom stereocenters. The first-order valence-corrected chi connectivity index (χ1v) is 5.59. The molecular weight excluding hydrogens is 271 g/mol. The number of aromatic nitrogens is 2. The van der Waals surface area contributed by atoms with Crippen LogP contribution in [0.15, 0.2) is 6.07 Å². The number of hydrogen-bond donors (Lipinski definition) is 1. The number of halogens is 4. The molecule has 0 saturated heterocycles. The van der Waals surface area contributed by atoms with Crippen LogP contribution in [-0.4, -0.2) is 34.8 Å². The quantitative estimate of drug-likeness (QED) is 0.862. The fourth-order valence-electron chi connectivity index (χ4n) is 1.24. The number of nitrogens with zero attached hydrogens (tertiary/aromatic N) is 3. The van der Waals surface area contributed by atoms with Gasteiger partial charge in [0.25, 0.3) is 0 Å². The number of aliphatic hydroxyl groups is 1. The van der Waals surface area contributed by atoms with E-state index >= 15 is 0 Å². The average molecular weight is 284 g/mol. The largest absolute Gasteiger partial charge is 0.433 e. The molecule has 0 aliphatic carbocycles. The first-order chi connectivity index (χ1) is 8.20. The van der Waals surface area contributed by atoms with Gasteiger partial charge in [-0.15, -0.1) is 0 Å². The van der Waals surface area contributed by atoms with Crippen molar-refractivity contribution in [1.29, 1.82) is 0 Å². The summed E-state index contributed by atoms with van der Waals surface area (Å²) in [4.78, 5) is 8.34. The highest BCUT2D eigenvalue weighted by molar-refractivity contribution is 6.28. The molecule has 1 unspecified atom stereocenters. The highest BCUT2D eigenvalue weighted by Gasteiger charge is 2.33. The fourth-order valence-corrected chi connectivity index (χ4v) is 1.42. The number of hydrogen-bond acceptors (Lipinski definition) is 4. The van der Waals surface area contributed by atoms with E-state index in [1.807, 2.05) is 0 Å². The van der Waals surface area contributed by atoms with Gasteiger partial charge >= 0.3 is 6.18 Å². The number of alkyl halides is 3. The summed E-state index contributed by atoms with van der Waals surface area (Å²) < 4.78 is 37.6. The molecule has 0 radical (unpaired) electrons. The normalized spacial score (nSPS) is 13.5. The molecule has 1 aromatic rings. The standard InChI is InChI=1S/C10H13ClF3N3O/c1-6(18)3-4-17(2)8-5-7(10(12,13)14)15-9(11)16-8/h5-6,18H,3-4H2,1-2H3. The van der Waals surface area contributed by atoms with Gasteiger partial charge in [-0.3, -0.25) is 0 Å². The third-order valence-electron chi connectivity index (χ3n) is 2.25. The van der Waals surface area contributed by atoms with Crippen molar-refractivity contribution < 1.29 is 18.3 Å². The van der Waals surface area contributed by atoms with Crippen molar-refractivity contribution in [2.75, 3.05) is 18.5 Å². The Balaban J connectivity index is 2.92. The highest BCUT2D eigenvalue weighted by atomic mass is 35.5. The number of aliphatic hydroxyl groups excluding tert-OH is 1. The Morgan fingerprint density at radius 2 is 2.06 bits per heavy atom. The van der Waals surface area contributed by atoms with E-state index in [0.717, 1.165) is 6.07 Å². The van der Waals surface area contributed by atoms with E-state index in [1.165, 1.54) is 4.90 Å². The summed E-state index contributed by atoms with van der Waals surface area (Å²) in [6, 6.07) is 0.827. The van der Waals surface area contributed by atoms with Crippen LogP contribution in [-0.2, 0) is 6.18 Å². The van der Waals surface area contributed by atoms with Crippen molar-refractivity contribution in [3.8, 4) is 0 Å². The van der Waals surface area contributed by atoms with Gasteiger partial charge in [-0.1, -0.05) is 0 Å². The Kier molecular flexibility index (Phi) is 4.75. The van der Waals surface area contributed by atoms with Crippen molar-refractivity contribution in [2.45, 2.75) is 25.6 Å². The van der Waals surface area contributed by atoms with E-state index in [1.54, 1.807) is 14.0 Å². The summed E-state index contributed by atoms with van der Waals surface area (Å²) in [6.45, 7) is 1.96. The van der Waals surface area contributed by atoms with Crippen LogP contribution in [0.4, 0.5) is 19.0 Å². The van der Waals surface area contributed by atoms with Crippen LogP contribution in [0.5, 0.6) is 0 Å². The first-order valence-electron chi connectivity index (χ1n) is 5.21. The Bertz CT molecular complexity index is 412. The van der Waals surface area contributed by atoms with Gasteiger partial charge in [-0.25, -0.2) is 9.97 Å². The molecule has 1 N–H and O–H groups in total. The van der Waals surface area contributed by atoms with Gasteiger partial charge in [0, 0.05) is 19.7 Å². The van der Waals surface area contributed by atoms with E-state index in [0.29, 0.717) is 13.0 Å². The molecule has 4 nitrogen and oxygen atoms in total. The van der Waals surface area contributed by atoms with Gasteiger partial charge < -0.3 is 10.0 Å². The predicted octanol–water partition coefficient (Wildman–Crippen LogP) is 2.36. The Labute approximate surface area is 107 Å².